The van der Waals surface area contributed by atoms with Crippen LogP contribution < -0.4 is 5.32 Å². The average Bonchev–Trinajstić information content (AvgIpc) is 2.50. The van der Waals surface area contributed by atoms with Gasteiger partial charge in [-0.15, -0.1) is 0 Å². The molecule has 0 bridgehead atoms. The Hall–Kier alpha value is -1.10. The van der Waals surface area contributed by atoms with Gasteiger partial charge >= 0.3 is 11.9 Å². The minimum atomic E-state index is -0.559. The third-order valence-corrected chi connectivity index (χ3v) is 3.12. The second kappa shape index (κ2) is 4.88. The number of hydrogen-bond acceptors (Lipinski definition) is 5. The number of hydrogen-bond donors (Lipinski definition) is 1. The highest BCUT2D eigenvalue weighted by molar-refractivity contribution is 5.84. The van der Waals surface area contributed by atoms with Crippen molar-refractivity contribution in [3.63, 3.8) is 0 Å². The lowest BCUT2D eigenvalue weighted by Crippen LogP contribution is -2.45. The summed E-state index contributed by atoms with van der Waals surface area (Å²) >= 11 is 0. The zero-order valence-corrected chi connectivity index (χ0v) is 12.0. The van der Waals surface area contributed by atoms with Gasteiger partial charge in [0.05, 0.1) is 18.9 Å². The standard InChI is InChI=1S/C13H23NO4/c1-12(2,3)18-11(16)9-8(10(15)17-6)7-14-13(9,4)5/h8-9,14H,7H2,1-6H3/t8-,9-/m1/s1. The van der Waals surface area contributed by atoms with Crippen LogP contribution in [0.2, 0.25) is 0 Å². The van der Waals surface area contributed by atoms with Gasteiger partial charge in [0.15, 0.2) is 0 Å². The van der Waals surface area contributed by atoms with Gasteiger partial charge in [0, 0.05) is 12.1 Å². The molecule has 1 aliphatic heterocycles. The molecule has 1 fully saturated rings. The minimum absolute atomic E-state index is 0.354. The smallest absolute Gasteiger partial charge is 0.312 e. The van der Waals surface area contributed by atoms with Crippen LogP contribution in [0.4, 0.5) is 0 Å². The van der Waals surface area contributed by atoms with Gasteiger partial charge in [-0.2, -0.15) is 0 Å². The van der Waals surface area contributed by atoms with Crippen LogP contribution in [0, 0.1) is 11.8 Å². The Morgan fingerprint density at radius 3 is 2.22 bits per heavy atom. The number of ether oxygens (including phenoxy) is 2. The average molecular weight is 257 g/mol. The Morgan fingerprint density at radius 1 is 1.22 bits per heavy atom. The Morgan fingerprint density at radius 2 is 1.78 bits per heavy atom. The van der Waals surface area contributed by atoms with E-state index >= 15 is 0 Å². The maximum atomic E-state index is 12.2. The molecule has 0 aromatic carbocycles. The summed E-state index contributed by atoms with van der Waals surface area (Å²) in [5, 5.41) is 3.18. The fourth-order valence-corrected chi connectivity index (χ4v) is 2.30. The molecular weight excluding hydrogens is 234 g/mol. The monoisotopic (exact) mass is 257 g/mol. The van der Waals surface area contributed by atoms with Gasteiger partial charge in [-0.05, 0) is 34.6 Å². The van der Waals surface area contributed by atoms with Crippen molar-refractivity contribution in [1.29, 1.82) is 0 Å². The molecule has 2 atom stereocenters. The van der Waals surface area contributed by atoms with Crippen LogP contribution in [-0.4, -0.2) is 36.7 Å². The Labute approximate surface area is 108 Å². The molecule has 0 amide bonds. The van der Waals surface area contributed by atoms with Crippen molar-refractivity contribution in [3.8, 4) is 0 Å². The predicted molar refractivity (Wildman–Crippen MR) is 66.9 cm³/mol. The highest BCUT2D eigenvalue weighted by atomic mass is 16.6. The molecule has 5 heteroatoms. The molecule has 1 saturated heterocycles. The van der Waals surface area contributed by atoms with Crippen LogP contribution >= 0.6 is 0 Å². The Balaban J connectivity index is 2.92. The Kier molecular flexibility index (Phi) is 4.05. The van der Waals surface area contributed by atoms with Crippen molar-refractivity contribution in [3.05, 3.63) is 0 Å². The molecule has 0 radical (unpaired) electrons. The summed E-state index contributed by atoms with van der Waals surface area (Å²) in [7, 11) is 1.33. The van der Waals surface area contributed by atoms with E-state index in [4.69, 9.17) is 9.47 Å². The number of nitrogens with one attached hydrogen (secondary N) is 1. The summed E-state index contributed by atoms with van der Waals surface area (Å²) in [6.45, 7) is 9.66. The highest BCUT2D eigenvalue weighted by Gasteiger charge is 2.51. The van der Waals surface area contributed by atoms with Crippen LogP contribution in [-0.2, 0) is 19.1 Å². The van der Waals surface area contributed by atoms with Crippen LogP contribution in [0.1, 0.15) is 34.6 Å². The molecule has 1 heterocycles. The van der Waals surface area contributed by atoms with E-state index in [9.17, 15) is 9.59 Å². The number of carbonyl (C=O) groups excluding carboxylic acids is 2. The number of carbonyl (C=O) groups is 2. The van der Waals surface area contributed by atoms with Gasteiger partial charge in [0.1, 0.15) is 5.60 Å². The third-order valence-electron chi connectivity index (χ3n) is 3.12. The van der Waals surface area contributed by atoms with Crippen molar-refractivity contribution in [2.45, 2.75) is 45.8 Å². The lowest BCUT2D eigenvalue weighted by atomic mass is 9.82. The summed E-state index contributed by atoms with van der Waals surface area (Å²) in [6, 6.07) is 0. The molecule has 0 aliphatic carbocycles. The van der Waals surface area contributed by atoms with E-state index in [0.29, 0.717) is 6.54 Å². The first-order valence-electron chi connectivity index (χ1n) is 6.14. The van der Waals surface area contributed by atoms with Crippen molar-refractivity contribution in [2.24, 2.45) is 11.8 Å². The molecule has 0 aromatic rings. The third kappa shape index (κ3) is 3.22. The summed E-state index contributed by atoms with van der Waals surface area (Å²) in [5.41, 5.74) is -1.03. The summed E-state index contributed by atoms with van der Waals surface area (Å²) in [4.78, 5) is 23.9. The largest absolute Gasteiger partial charge is 0.469 e. The fraction of sp³-hybridized carbons (Fsp3) is 0.846. The second-order valence-corrected chi connectivity index (χ2v) is 6.24. The SMILES string of the molecule is COC(=O)[C@@H]1CNC(C)(C)[C@H]1C(=O)OC(C)(C)C. The number of methoxy groups -OCH3 is 1. The molecule has 18 heavy (non-hydrogen) atoms. The van der Waals surface area contributed by atoms with Crippen molar-refractivity contribution < 1.29 is 19.1 Å². The summed E-state index contributed by atoms with van der Waals surface area (Å²) in [5.74, 6) is -1.74. The second-order valence-electron chi connectivity index (χ2n) is 6.24. The molecular formula is C13H23NO4. The van der Waals surface area contributed by atoms with E-state index in [1.807, 2.05) is 34.6 Å². The molecule has 0 aromatic heterocycles. The molecule has 1 N–H and O–H groups in total. The van der Waals surface area contributed by atoms with Gasteiger partial charge < -0.3 is 14.8 Å². The quantitative estimate of drug-likeness (QED) is 0.751. The molecule has 0 spiro atoms. The van der Waals surface area contributed by atoms with E-state index in [1.54, 1.807) is 0 Å². The van der Waals surface area contributed by atoms with Crippen LogP contribution in [0.15, 0.2) is 0 Å². The first-order valence-corrected chi connectivity index (χ1v) is 6.14. The van der Waals surface area contributed by atoms with Crippen LogP contribution in [0.5, 0.6) is 0 Å². The maximum absolute atomic E-state index is 12.2. The van der Waals surface area contributed by atoms with Crippen LogP contribution in [0.3, 0.4) is 0 Å². The van der Waals surface area contributed by atoms with E-state index in [-0.39, 0.29) is 11.9 Å². The lowest BCUT2D eigenvalue weighted by molar-refractivity contribution is -0.167. The van der Waals surface area contributed by atoms with Gasteiger partial charge in [-0.25, -0.2) is 0 Å². The highest BCUT2D eigenvalue weighted by Crippen LogP contribution is 2.34. The van der Waals surface area contributed by atoms with E-state index in [2.05, 4.69) is 5.32 Å². The first-order chi connectivity index (χ1) is 8.08. The topological polar surface area (TPSA) is 64.6 Å². The lowest BCUT2D eigenvalue weighted by Gasteiger charge is -2.30. The molecule has 104 valence electrons. The number of rotatable bonds is 2. The van der Waals surface area contributed by atoms with E-state index in [0.717, 1.165) is 0 Å². The van der Waals surface area contributed by atoms with Crippen molar-refractivity contribution in [2.75, 3.05) is 13.7 Å². The maximum Gasteiger partial charge on any atom is 0.312 e. The zero-order chi connectivity index (χ0) is 14.1. The molecule has 0 saturated carbocycles. The van der Waals surface area contributed by atoms with Gasteiger partial charge in [-0.3, -0.25) is 9.59 Å². The molecule has 1 rings (SSSR count). The van der Waals surface area contributed by atoms with E-state index in [1.165, 1.54) is 7.11 Å². The molecule has 1 aliphatic rings. The normalized spacial score (nSPS) is 26.8. The summed E-state index contributed by atoms with van der Waals surface area (Å²) in [6.07, 6.45) is 0. The van der Waals surface area contributed by atoms with Gasteiger partial charge in [0.2, 0.25) is 0 Å². The van der Waals surface area contributed by atoms with Gasteiger partial charge in [0.25, 0.3) is 0 Å². The van der Waals surface area contributed by atoms with Crippen molar-refractivity contribution >= 4 is 11.9 Å². The van der Waals surface area contributed by atoms with Gasteiger partial charge in [-0.1, -0.05) is 0 Å². The zero-order valence-electron chi connectivity index (χ0n) is 12.0. The first kappa shape index (κ1) is 15.0. The fourth-order valence-electron chi connectivity index (χ4n) is 2.30. The van der Waals surface area contributed by atoms with Crippen LogP contribution in [0.25, 0.3) is 0 Å². The Bertz CT molecular complexity index is 343. The molecule has 0 unspecified atom stereocenters. The number of esters is 2. The summed E-state index contributed by atoms with van der Waals surface area (Å²) < 4.78 is 10.1. The van der Waals surface area contributed by atoms with E-state index < -0.39 is 23.0 Å². The molecule has 5 nitrogen and oxygen atoms in total. The minimum Gasteiger partial charge on any atom is -0.469 e. The van der Waals surface area contributed by atoms with Crippen molar-refractivity contribution in [1.82, 2.24) is 5.32 Å². The predicted octanol–water partition coefficient (Wildman–Crippen LogP) is 1.12.